The highest BCUT2D eigenvalue weighted by molar-refractivity contribution is 9.10. The summed E-state index contributed by atoms with van der Waals surface area (Å²) in [6, 6.07) is 4.44. The van der Waals surface area contributed by atoms with E-state index in [9.17, 15) is 8.42 Å². The predicted molar refractivity (Wildman–Crippen MR) is 78.9 cm³/mol. The number of hydrogen-bond donors (Lipinski definition) is 2. The molecule has 1 atom stereocenters. The first-order valence-electron chi connectivity index (χ1n) is 5.83. The van der Waals surface area contributed by atoms with Crippen LogP contribution in [0.25, 0.3) is 0 Å². The Hall–Kier alpha value is -1.38. The quantitative estimate of drug-likeness (QED) is 0.856. The maximum atomic E-state index is 12.4. The van der Waals surface area contributed by atoms with Crippen LogP contribution >= 0.6 is 15.9 Å². The van der Waals surface area contributed by atoms with Crippen LogP contribution in [-0.4, -0.2) is 20.4 Å². The zero-order valence-electron chi connectivity index (χ0n) is 10.9. The van der Waals surface area contributed by atoms with Gasteiger partial charge in [0.15, 0.2) is 0 Å². The lowest BCUT2D eigenvalue weighted by atomic mass is 10.3. The molecular weight excluding hydrogens is 346 g/mol. The van der Waals surface area contributed by atoms with Crippen molar-refractivity contribution in [2.45, 2.75) is 17.9 Å². The number of nitrogens with zero attached hydrogens (tertiary/aromatic N) is 1. The van der Waals surface area contributed by atoms with Crippen LogP contribution in [0.4, 0.5) is 5.82 Å². The van der Waals surface area contributed by atoms with Crippen molar-refractivity contribution >= 4 is 31.8 Å². The van der Waals surface area contributed by atoms with Gasteiger partial charge in [0, 0.05) is 17.7 Å². The fraction of sp³-hybridized carbons (Fsp3) is 0.250. The molecule has 1 unspecified atom stereocenters. The second-order valence-electron chi connectivity index (χ2n) is 4.11. The minimum absolute atomic E-state index is 0.0766. The van der Waals surface area contributed by atoms with Gasteiger partial charge in [-0.2, -0.15) is 0 Å². The summed E-state index contributed by atoms with van der Waals surface area (Å²) >= 11 is 3.22. The first-order valence-corrected chi connectivity index (χ1v) is 8.10. The van der Waals surface area contributed by atoms with Crippen molar-refractivity contribution < 1.29 is 12.8 Å². The summed E-state index contributed by atoms with van der Waals surface area (Å²) in [5.74, 6) is 0.829. The van der Waals surface area contributed by atoms with Crippen LogP contribution in [0.15, 0.2) is 44.4 Å². The largest absolute Gasteiger partial charge is 0.468 e. The van der Waals surface area contributed by atoms with Gasteiger partial charge in [0.05, 0.1) is 12.3 Å². The Balaban J connectivity index is 2.33. The maximum Gasteiger partial charge on any atom is 0.244 e. The van der Waals surface area contributed by atoms with E-state index in [4.69, 9.17) is 4.42 Å². The smallest absolute Gasteiger partial charge is 0.244 e. The molecule has 2 heterocycles. The van der Waals surface area contributed by atoms with Crippen molar-refractivity contribution in [2.75, 3.05) is 12.4 Å². The van der Waals surface area contributed by atoms with Crippen molar-refractivity contribution in [2.24, 2.45) is 0 Å². The third kappa shape index (κ3) is 3.20. The van der Waals surface area contributed by atoms with E-state index < -0.39 is 16.1 Å². The number of halogens is 1. The molecule has 20 heavy (non-hydrogen) atoms. The van der Waals surface area contributed by atoms with Gasteiger partial charge in [0.25, 0.3) is 0 Å². The van der Waals surface area contributed by atoms with Gasteiger partial charge in [0.1, 0.15) is 16.5 Å². The molecule has 2 aromatic rings. The summed E-state index contributed by atoms with van der Waals surface area (Å²) < 4.78 is 33.2. The molecule has 0 amide bonds. The van der Waals surface area contributed by atoms with Crippen molar-refractivity contribution in [3.63, 3.8) is 0 Å². The minimum Gasteiger partial charge on any atom is -0.468 e. The lowest BCUT2D eigenvalue weighted by molar-refractivity contribution is 0.459. The molecule has 108 valence electrons. The van der Waals surface area contributed by atoms with Crippen molar-refractivity contribution in [3.05, 3.63) is 40.9 Å². The first-order chi connectivity index (χ1) is 9.44. The van der Waals surface area contributed by atoms with Gasteiger partial charge < -0.3 is 9.73 Å². The van der Waals surface area contributed by atoms with Crippen molar-refractivity contribution in [3.8, 4) is 0 Å². The molecule has 0 aromatic carbocycles. The molecule has 2 rings (SSSR count). The Morgan fingerprint density at radius 1 is 1.45 bits per heavy atom. The molecule has 6 nitrogen and oxygen atoms in total. The molecule has 0 fully saturated rings. The number of furan rings is 1. The number of sulfonamides is 1. The topological polar surface area (TPSA) is 84.2 Å². The van der Waals surface area contributed by atoms with Crippen molar-refractivity contribution in [1.82, 2.24) is 9.71 Å². The summed E-state index contributed by atoms with van der Waals surface area (Å²) in [7, 11) is -2.10. The summed E-state index contributed by atoms with van der Waals surface area (Å²) in [4.78, 5) is 4.11. The summed E-state index contributed by atoms with van der Waals surface area (Å²) in [5, 5.41) is 2.76. The van der Waals surface area contributed by atoms with Crippen LogP contribution in [0.2, 0.25) is 0 Å². The fourth-order valence-electron chi connectivity index (χ4n) is 1.71. The third-order valence-electron chi connectivity index (χ3n) is 2.65. The highest BCUT2D eigenvalue weighted by Crippen LogP contribution is 2.24. The molecule has 2 N–H and O–H groups in total. The second kappa shape index (κ2) is 5.94. The number of nitrogens with one attached hydrogen (secondary N) is 2. The molecule has 0 aliphatic carbocycles. The molecule has 0 radical (unpaired) electrons. The van der Waals surface area contributed by atoms with Gasteiger partial charge in [-0.25, -0.2) is 18.1 Å². The zero-order valence-corrected chi connectivity index (χ0v) is 13.3. The first kappa shape index (κ1) is 15.0. The average molecular weight is 360 g/mol. The van der Waals surface area contributed by atoms with E-state index in [0.29, 0.717) is 10.2 Å². The Labute approximate surface area is 125 Å². The maximum absolute atomic E-state index is 12.4. The van der Waals surface area contributed by atoms with E-state index in [1.54, 1.807) is 26.1 Å². The highest BCUT2D eigenvalue weighted by Gasteiger charge is 2.23. The number of hydrogen-bond acceptors (Lipinski definition) is 5. The molecule has 0 saturated carbocycles. The molecule has 0 bridgehead atoms. The summed E-state index contributed by atoms with van der Waals surface area (Å²) in [5.41, 5.74) is 0. The number of aromatic nitrogens is 1. The second-order valence-corrected chi connectivity index (χ2v) is 6.71. The van der Waals surface area contributed by atoms with E-state index >= 15 is 0 Å². The van der Waals surface area contributed by atoms with Crippen molar-refractivity contribution in [1.29, 1.82) is 0 Å². The molecule has 0 saturated heterocycles. The molecular formula is C12H14BrN3O3S. The lowest BCUT2D eigenvalue weighted by Crippen LogP contribution is -2.27. The van der Waals surface area contributed by atoms with Crippen LogP contribution in [-0.2, 0) is 10.0 Å². The SMILES string of the molecule is CNc1ncc(Br)cc1S(=O)(=O)NC(C)c1ccco1. The van der Waals surface area contributed by atoms with Crippen LogP contribution in [0.3, 0.4) is 0 Å². The number of anilines is 1. The van der Waals surface area contributed by atoms with E-state index in [1.807, 2.05) is 0 Å². The Bertz CT molecular complexity index is 686. The lowest BCUT2D eigenvalue weighted by Gasteiger charge is -2.14. The van der Waals surface area contributed by atoms with Gasteiger partial charge in [0.2, 0.25) is 10.0 Å². The monoisotopic (exact) mass is 359 g/mol. The molecule has 2 aromatic heterocycles. The Kier molecular flexibility index (Phi) is 4.46. The van der Waals surface area contributed by atoms with Gasteiger partial charge >= 0.3 is 0 Å². The van der Waals surface area contributed by atoms with Crippen LogP contribution in [0, 0.1) is 0 Å². The number of rotatable bonds is 5. The van der Waals surface area contributed by atoms with Gasteiger partial charge in [-0.15, -0.1) is 0 Å². The minimum atomic E-state index is -3.72. The fourth-order valence-corrected chi connectivity index (χ4v) is 3.59. The van der Waals surface area contributed by atoms with Crippen LogP contribution in [0.1, 0.15) is 18.7 Å². The van der Waals surface area contributed by atoms with Gasteiger partial charge in [-0.05, 0) is 41.1 Å². The van der Waals surface area contributed by atoms with E-state index in [-0.39, 0.29) is 10.7 Å². The third-order valence-corrected chi connectivity index (χ3v) is 4.64. The summed E-state index contributed by atoms with van der Waals surface area (Å²) in [6.07, 6.45) is 3.03. The number of pyridine rings is 1. The van der Waals surface area contributed by atoms with E-state index in [2.05, 4.69) is 31.0 Å². The van der Waals surface area contributed by atoms with E-state index in [0.717, 1.165) is 0 Å². The van der Waals surface area contributed by atoms with Crippen LogP contribution < -0.4 is 10.0 Å². The van der Waals surface area contributed by atoms with E-state index in [1.165, 1.54) is 18.5 Å². The molecule has 0 aliphatic heterocycles. The molecule has 8 heteroatoms. The Morgan fingerprint density at radius 2 is 2.20 bits per heavy atom. The molecule has 0 spiro atoms. The summed E-state index contributed by atoms with van der Waals surface area (Å²) in [6.45, 7) is 1.71. The zero-order chi connectivity index (χ0) is 14.8. The van der Waals surface area contributed by atoms with Gasteiger partial charge in [-0.1, -0.05) is 0 Å². The van der Waals surface area contributed by atoms with Gasteiger partial charge in [-0.3, -0.25) is 0 Å². The predicted octanol–water partition coefficient (Wildman–Crippen LogP) is 2.52. The average Bonchev–Trinajstić information content (AvgIpc) is 2.92. The normalized spacial score (nSPS) is 13.2. The Morgan fingerprint density at radius 3 is 2.80 bits per heavy atom. The standard InChI is InChI=1S/C12H14BrN3O3S/c1-8(10-4-3-5-19-10)16-20(17,18)11-6-9(13)7-15-12(11)14-2/h3-8,16H,1-2H3,(H,14,15). The highest BCUT2D eigenvalue weighted by atomic mass is 79.9. The van der Waals surface area contributed by atoms with Crippen LogP contribution in [0.5, 0.6) is 0 Å². The molecule has 0 aliphatic rings.